The van der Waals surface area contributed by atoms with Crippen LogP contribution >= 0.6 is 35.8 Å². The van der Waals surface area contributed by atoms with Crippen molar-refractivity contribution in [3.8, 4) is 11.4 Å². The summed E-state index contributed by atoms with van der Waals surface area (Å²) in [7, 11) is 1.57. The number of nitrogens with zero attached hydrogens (tertiary/aromatic N) is 4. The lowest BCUT2D eigenvalue weighted by Crippen LogP contribution is -2.21. The summed E-state index contributed by atoms with van der Waals surface area (Å²) >= 11 is 7.54. The number of ether oxygens (including phenoxy) is 1. The van der Waals surface area contributed by atoms with Gasteiger partial charge in [-0.05, 0) is 91.8 Å². The van der Waals surface area contributed by atoms with Crippen molar-refractivity contribution in [2.24, 2.45) is 21.7 Å². The molecule has 4 aromatic rings. The monoisotopic (exact) mass is 662 g/mol. The number of aromatic nitrogens is 2. The van der Waals surface area contributed by atoms with Gasteiger partial charge in [0.1, 0.15) is 23.2 Å². The highest BCUT2D eigenvalue weighted by molar-refractivity contribution is 7.98. The Labute approximate surface area is 269 Å². The van der Waals surface area contributed by atoms with E-state index in [4.69, 9.17) is 32.8 Å². The Kier molecular flexibility index (Phi) is 11.2. The maximum Gasteiger partial charge on any atom is 0.211 e. The molecule has 1 aliphatic rings. The number of guanidine groups is 1. The van der Waals surface area contributed by atoms with E-state index in [2.05, 4.69) is 10.2 Å². The lowest BCUT2D eigenvalue weighted by molar-refractivity contribution is 0.414. The molecular formula is C31H31Cl2F3N6OS. The number of imidazole rings is 1. The fraction of sp³-hybridized carbons (Fsp3) is 0.258. The minimum Gasteiger partial charge on any atom is -0.495 e. The van der Waals surface area contributed by atoms with E-state index in [9.17, 15) is 4.39 Å². The molecule has 1 aromatic heterocycles. The Morgan fingerprint density at radius 1 is 1.11 bits per heavy atom. The summed E-state index contributed by atoms with van der Waals surface area (Å²) in [6.07, 6.45) is 4.77. The predicted molar refractivity (Wildman–Crippen MR) is 172 cm³/mol. The van der Waals surface area contributed by atoms with Crippen LogP contribution in [0.1, 0.15) is 53.3 Å². The highest BCUT2D eigenvalue weighted by atomic mass is 35.5. The first-order chi connectivity index (χ1) is 20.7. The summed E-state index contributed by atoms with van der Waals surface area (Å²) in [4.78, 5) is 4.93. The van der Waals surface area contributed by atoms with Crippen LogP contribution in [0.5, 0.6) is 5.75 Å². The molecule has 1 aliphatic carbocycles. The first-order valence-electron chi connectivity index (χ1n) is 13.7. The number of aryl methyl sites for hydroxylation is 2. The second-order valence-electron chi connectivity index (χ2n) is 10.1. The van der Waals surface area contributed by atoms with Crippen LogP contribution in [-0.2, 0) is 18.6 Å². The molecule has 1 atom stereocenters. The Morgan fingerprint density at radius 2 is 1.84 bits per heavy atom. The molecule has 0 fully saturated rings. The van der Waals surface area contributed by atoms with E-state index in [1.54, 1.807) is 19.2 Å². The second kappa shape index (κ2) is 14.9. The molecule has 0 saturated carbocycles. The van der Waals surface area contributed by atoms with E-state index in [1.807, 2.05) is 22.8 Å². The van der Waals surface area contributed by atoms with Gasteiger partial charge in [0.15, 0.2) is 5.16 Å². The summed E-state index contributed by atoms with van der Waals surface area (Å²) in [5, 5.41) is 8.28. The second-order valence-corrected chi connectivity index (χ2v) is 11.4. The SMILES string of the molecule is COc1cc(C2CCCc3nc(SCc4c(F)cc(CC/C=N/N=C(N)N)cc4F)n(-c4ccc(F)cc4)c32)ccc1Cl.Cl. The van der Waals surface area contributed by atoms with Gasteiger partial charge in [-0.25, -0.2) is 18.2 Å². The molecule has 0 radical (unpaired) electrons. The molecule has 0 aliphatic heterocycles. The maximum absolute atomic E-state index is 15.1. The van der Waals surface area contributed by atoms with Crippen LogP contribution in [0, 0.1) is 17.5 Å². The van der Waals surface area contributed by atoms with E-state index in [0.717, 1.165) is 36.2 Å². The number of hydrogen-bond acceptors (Lipinski definition) is 5. The third-order valence-electron chi connectivity index (χ3n) is 7.22. The molecule has 3 aromatic carbocycles. The summed E-state index contributed by atoms with van der Waals surface area (Å²) in [5.74, 6) is -1.26. The number of rotatable bonds is 10. The van der Waals surface area contributed by atoms with E-state index in [0.29, 0.717) is 40.0 Å². The molecule has 232 valence electrons. The molecule has 13 heteroatoms. The Hall–Kier alpha value is -3.67. The van der Waals surface area contributed by atoms with E-state index >= 15 is 8.78 Å². The van der Waals surface area contributed by atoms with Crippen LogP contribution < -0.4 is 16.2 Å². The van der Waals surface area contributed by atoms with Crippen LogP contribution in [0.25, 0.3) is 5.69 Å². The molecule has 4 N–H and O–H groups in total. The van der Waals surface area contributed by atoms with Crippen molar-refractivity contribution in [1.29, 1.82) is 0 Å². The van der Waals surface area contributed by atoms with Gasteiger partial charge in [-0.3, -0.25) is 4.57 Å². The number of hydrogen-bond donors (Lipinski definition) is 2. The normalized spacial score (nSPS) is 14.2. The molecule has 0 bridgehead atoms. The Morgan fingerprint density at radius 3 is 2.52 bits per heavy atom. The minimum absolute atomic E-state index is 0. The standard InChI is InChI=1S/C31H30ClF3N6OS.ClH/c1-42-28-16-19(7-12-24(28)32)22-5-2-6-27-29(22)41(21-10-8-20(33)9-11-21)31(39-27)43-17-23-25(34)14-18(15-26(23)35)4-3-13-38-40-30(36)37;/h7-16,22H,2-6,17H2,1H3,(H4,36,37,40);1H/b38-13+;. The molecule has 1 heterocycles. The van der Waals surface area contributed by atoms with Crippen LogP contribution in [-0.4, -0.2) is 28.8 Å². The zero-order valence-corrected chi connectivity index (χ0v) is 26.2. The summed E-state index contributed by atoms with van der Waals surface area (Å²) in [6, 6.07) is 14.5. The Bertz CT molecular complexity index is 1650. The summed E-state index contributed by atoms with van der Waals surface area (Å²) in [5.41, 5.74) is 14.5. The molecule has 5 rings (SSSR count). The maximum atomic E-state index is 15.1. The predicted octanol–water partition coefficient (Wildman–Crippen LogP) is 7.33. The first kappa shape index (κ1) is 33.2. The molecule has 7 nitrogen and oxygen atoms in total. The zero-order chi connectivity index (χ0) is 30.5. The third kappa shape index (κ3) is 7.51. The van der Waals surface area contributed by atoms with Crippen LogP contribution in [0.3, 0.4) is 0 Å². The highest BCUT2D eigenvalue weighted by Gasteiger charge is 2.31. The van der Waals surface area contributed by atoms with Gasteiger partial charge < -0.3 is 16.2 Å². The molecule has 0 amide bonds. The van der Waals surface area contributed by atoms with Gasteiger partial charge in [0, 0.05) is 29.1 Å². The lowest BCUT2D eigenvalue weighted by atomic mass is 9.84. The van der Waals surface area contributed by atoms with Gasteiger partial charge in [0.05, 0.1) is 23.5 Å². The first-order valence-corrected chi connectivity index (χ1v) is 15.0. The number of methoxy groups -OCH3 is 1. The van der Waals surface area contributed by atoms with Crippen LogP contribution in [0.4, 0.5) is 13.2 Å². The largest absolute Gasteiger partial charge is 0.495 e. The van der Waals surface area contributed by atoms with E-state index in [-0.39, 0.29) is 41.4 Å². The number of fused-ring (bicyclic) bond motifs is 1. The molecule has 1 unspecified atom stereocenters. The highest BCUT2D eigenvalue weighted by Crippen LogP contribution is 2.42. The number of halogens is 5. The van der Waals surface area contributed by atoms with Gasteiger partial charge >= 0.3 is 0 Å². The molecule has 0 saturated heterocycles. The van der Waals surface area contributed by atoms with E-state index < -0.39 is 11.6 Å². The number of thioether (sulfide) groups is 1. The van der Waals surface area contributed by atoms with Crippen LogP contribution in [0.15, 0.2) is 70.0 Å². The quantitative estimate of drug-likeness (QED) is 0.0801. The van der Waals surface area contributed by atoms with Crippen molar-refractivity contribution in [2.45, 2.75) is 48.9 Å². The van der Waals surface area contributed by atoms with E-state index in [1.165, 1.54) is 42.2 Å². The lowest BCUT2D eigenvalue weighted by Gasteiger charge is -2.26. The topological polar surface area (TPSA) is 104 Å². The van der Waals surface area contributed by atoms with Crippen molar-refractivity contribution in [1.82, 2.24) is 9.55 Å². The zero-order valence-electron chi connectivity index (χ0n) is 23.8. The molecule has 44 heavy (non-hydrogen) atoms. The molecular weight excluding hydrogens is 632 g/mol. The van der Waals surface area contributed by atoms with Gasteiger partial charge in [-0.15, -0.1) is 17.5 Å². The summed E-state index contributed by atoms with van der Waals surface area (Å²) < 4.78 is 51.6. The van der Waals surface area contributed by atoms with Gasteiger partial charge in [-0.1, -0.05) is 29.4 Å². The molecule has 0 spiro atoms. The number of nitrogens with two attached hydrogens (primary N) is 2. The van der Waals surface area contributed by atoms with Crippen molar-refractivity contribution in [3.63, 3.8) is 0 Å². The van der Waals surface area contributed by atoms with Gasteiger partial charge in [0.2, 0.25) is 5.96 Å². The Balaban J connectivity index is 0.00000442. The van der Waals surface area contributed by atoms with Crippen molar-refractivity contribution >= 4 is 47.9 Å². The van der Waals surface area contributed by atoms with Crippen LogP contribution in [0.2, 0.25) is 5.02 Å². The smallest absolute Gasteiger partial charge is 0.211 e. The summed E-state index contributed by atoms with van der Waals surface area (Å²) in [6.45, 7) is 0. The third-order valence-corrected chi connectivity index (χ3v) is 8.50. The van der Waals surface area contributed by atoms with Crippen molar-refractivity contribution in [2.75, 3.05) is 7.11 Å². The van der Waals surface area contributed by atoms with Gasteiger partial charge in [-0.2, -0.15) is 5.10 Å². The average molecular weight is 664 g/mol. The van der Waals surface area contributed by atoms with Crippen molar-refractivity contribution < 1.29 is 17.9 Å². The average Bonchev–Trinajstić information content (AvgIpc) is 3.35. The fourth-order valence-corrected chi connectivity index (χ4v) is 6.48. The minimum atomic E-state index is -0.639. The fourth-order valence-electron chi connectivity index (χ4n) is 5.23. The van der Waals surface area contributed by atoms with Gasteiger partial charge in [0.25, 0.3) is 0 Å². The number of benzene rings is 3. The van der Waals surface area contributed by atoms with Crippen molar-refractivity contribution in [3.05, 3.63) is 105 Å².